The van der Waals surface area contributed by atoms with Gasteiger partial charge in [0, 0.05) is 66.6 Å². The molecule has 0 aliphatic carbocycles. The van der Waals surface area contributed by atoms with E-state index in [4.69, 9.17) is 56.1 Å². The van der Waals surface area contributed by atoms with Gasteiger partial charge in [-0.15, -0.1) is 0 Å². The molecule has 0 fully saturated rings. The summed E-state index contributed by atoms with van der Waals surface area (Å²) in [5.74, 6) is 0. The van der Waals surface area contributed by atoms with Crippen molar-refractivity contribution in [3.05, 3.63) is 128 Å². The molecule has 2 aromatic heterocycles. The third kappa shape index (κ3) is 8.94. The molecule has 0 saturated heterocycles. The maximum atomic E-state index is 6.14. The summed E-state index contributed by atoms with van der Waals surface area (Å²) >= 11 is 24.6. The molecule has 0 aliphatic rings. The second-order valence-electron chi connectivity index (χ2n) is 8.51. The molecule has 0 bridgehead atoms. The van der Waals surface area contributed by atoms with Gasteiger partial charge in [-0.25, -0.2) is 9.13 Å². The third-order valence-electron chi connectivity index (χ3n) is 5.76. The average Bonchev–Trinajstić information content (AvgIpc) is 2.93. The molecule has 0 N–H and O–H groups in total. The van der Waals surface area contributed by atoms with Crippen LogP contribution in [-0.4, -0.2) is 12.4 Å². The lowest BCUT2D eigenvalue weighted by Gasteiger charge is -2.04. The maximum Gasteiger partial charge on any atom is 0.169 e. The van der Waals surface area contributed by atoms with Gasteiger partial charge in [0.1, 0.15) is 13.2 Å². The van der Waals surface area contributed by atoms with Gasteiger partial charge in [0.25, 0.3) is 0 Å². The van der Waals surface area contributed by atoms with Crippen LogP contribution in [0.5, 0.6) is 0 Å². The van der Waals surface area contributed by atoms with Crippen LogP contribution in [0, 0.1) is 0 Å². The number of hydrogen-bond acceptors (Lipinski definition) is 4. The summed E-state index contributed by atoms with van der Waals surface area (Å²) in [6, 6.07) is 18.6. The molecule has 0 saturated carbocycles. The van der Waals surface area contributed by atoms with Gasteiger partial charge in [-0.1, -0.05) is 68.8 Å². The van der Waals surface area contributed by atoms with E-state index in [0.717, 1.165) is 30.6 Å². The number of hydrogen-bond donors (Lipinski definition) is 0. The zero-order valence-electron chi connectivity index (χ0n) is 20.9. The Morgan fingerprint density at radius 2 is 0.923 bits per heavy atom. The van der Waals surface area contributed by atoms with Crippen LogP contribution in [0.2, 0.25) is 20.1 Å². The molecule has 39 heavy (non-hydrogen) atoms. The molecular formula is C29H26Cl4N4O2+2. The van der Waals surface area contributed by atoms with Crippen LogP contribution in [-0.2, 0) is 36.0 Å². The molecule has 0 aliphatic heterocycles. The summed E-state index contributed by atoms with van der Waals surface area (Å²) in [6.07, 6.45) is 12.4. The second-order valence-corrected chi connectivity index (χ2v) is 10.1. The molecule has 2 heterocycles. The van der Waals surface area contributed by atoms with E-state index in [-0.39, 0.29) is 13.2 Å². The summed E-state index contributed by atoms with van der Waals surface area (Å²) in [5.41, 5.74) is 3.30. The summed E-state index contributed by atoms with van der Waals surface area (Å²) in [6.45, 7) is 2.18. The fourth-order valence-corrected chi connectivity index (χ4v) is 4.60. The minimum Gasteiger partial charge on any atom is -0.391 e. The van der Waals surface area contributed by atoms with Gasteiger partial charge < -0.3 is 9.68 Å². The van der Waals surface area contributed by atoms with E-state index in [1.54, 1.807) is 48.8 Å². The Morgan fingerprint density at radius 1 is 0.564 bits per heavy atom. The standard InChI is InChI=1S/C29H26Cl4N4O2/c30-26-4-1-5-27(31)24(26)20-38-34-18-22-8-14-36(15-9-22)12-3-13-37-16-10-23(11-17-37)19-35-39-21-25-28(32)6-2-7-29(25)33/h1-2,4-11,14-19H,3,12-13,20-21H2/q+2/b34-18-,35-19-. The highest BCUT2D eigenvalue weighted by atomic mass is 35.5. The number of nitrogens with zero attached hydrogens (tertiary/aromatic N) is 4. The summed E-state index contributed by atoms with van der Waals surface area (Å²) in [5, 5.41) is 10.3. The SMILES string of the molecule is Clc1cccc(Cl)c1CO/N=C\c1cc[n+](CCC[n+]2ccc(/C=N\OCc3c(Cl)cccc3Cl)cc2)cc1. The zero-order valence-corrected chi connectivity index (χ0v) is 23.9. The Hall–Kier alpha value is -3.16. The number of aromatic nitrogens is 2. The van der Waals surface area contributed by atoms with Crippen molar-refractivity contribution in [2.24, 2.45) is 10.3 Å². The van der Waals surface area contributed by atoms with Crippen LogP contribution in [0.3, 0.4) is 0 Å². The molecule has 200 valence electrons. The van der Waals surface area contributed by atoms with Crippen molar-refractivity contribution in [3.8, 4) is 0 Å². The average molecular weight is 604 g/mol. The van der Waals surface area contributed by atoms with Crippen molar-refractivity contribution >= 4 is 58.8 Å². The van der Waals surface area contributed by atoms with Gasteiger partial charge in [-0.05, 0) is 24.3 Å². The van der Waals surface area contributed by atoms with E-state index in [9.17, 15) is 0 Å². The van der Waals surface area contributed by atoms with Crippen molar-refractivity contribution in [1.29, 1.82) is 0 Å². The Labute approximate surface area is 247 Å². The van der Waals surface area contributed by atoms with Crippen LogP contribution < -0.4 is 9.13 Å². The van der Waals surface area contributed by atoms with Crippen LogP contribution in [0.15, 0.2) is 95.8 Å². The highest BCUT2D eigenvalue weighted by Gasteiger charge is 2.07. The Balaban J connectivity index is 1.17. The van der Waals surface area contributed by atoms with Gasteiger partial charge in [0.2, 0.25) is 0 Å². The lowest BCUT2D eigenvalue weighted by molar-refractivity contribution is -0.726. The minimum absolute atomic E-state index is 0.208. The van der Waals surface area contributed by atoms with E-state index < -0.39 is 0 Å². The van der Waals surface area contributed by atoms with Crippen molar-refractivity contribution in [2.45, 2.75) is 32.7 Å². The number of benzene rings is 2. The molecule has 6 nitrogen and oxygen atoms in total. The fraction of sp³-hybridized carbons (Fsp3) is 0.172. The molecule has 0 spiro atoms. The topological polar surface area (TPSA) is 50.9 Å². The summed E-state index contributed by atoms with van der Waals surface area (Å²) in [7, 11) is 0. The molecular weight excluding hydrogens is 578 g/mol. The number of rotatable bonds is 12. The van der Waals surface area contributed by atoms with Crippen LogP contribution in [0.4, 0.5) is 0 Å². The lowest BCUT2D eigenvalue weighted by Crippen LogP contribution is -2.38. The molecule has 0 unspecified atom stereocenters. The second kappa shape index (κ2) is 14.8. The Bertz CT molecular complexity index is 1280. The van der Waals surface area contributed by atoms with Crippen molar-refractivity contribution in [1.82, 2.24) is 0 Å². The zero-order chi connectivity index (χ0) is 27.5. The summed E-state index contributed by atoms with van der Waals surface area (Å²) in [4.78, 5) is 10.7. The predicted octanol–water partition coefficient (Wildman–Crippen LogP) is 7.07. The Morgan fingerprint density at radius 3 is 1.28 bits per heavy atom. The normalized spacial score (nSPS) is 11.4. The number of aryl methyl sites for hydroxylation is 2. The van der Waals surface area contributed by atoms with E-state index in [1.807, 2.05) is 49.1 Å². The van der Waals surface area contributed by atoms with E-state index in [0.29, 0.717) is 31.2 Å². The lowest BCUT2D eigenvalue weighted by atomic mass is 10.2. The molecule has 10 heteroatoms. The van der Waals surface area contributed by atoms with Gasteiger partial charge >= 0.3 is 0 Å². The van der Waals surface area contributed by atoms with Crippen LogP contribution >= 0.6 is 46.4 Å². The summed E-state index contributed by atoms with van der Waals surface area (Å²) < 4.78 is 4.26. The van der Waals surface area contributed by atoms with E-state index in [2.05, 4.69) is 19.4 Å². The molecule has 4 rings (SSSR count). The molecule has 2 aromatic carbocycles. The maximum absolute atomic E-state index is 6.14. The Kier molecular flexibility index (Phi) is 11.0. The predicted molar refractivity (Wildman–Crippen MR) is 156 cm³/mol. The van der Waals surface area contributed by atoms with Crippen molar-refractivity contribution in [3.63, 3.8) is 0 Å². The monoisotopic (exact) mass is 602 g/mol. The smallest absolute Gasteiger partial charge is 0.169 e. The molecule has 0 radical (unpaired) electrons. The van der Waals surface area contributed by atoms with Gasteiger partial charge in [-0.2, -0.15) is 0 Å². The van der Waals surface area contributed by atoms with E-state index >= 15 is 0 Å². The molecule has 4 aromatic rings. The minimum atomic E-state index is 0.208. The van der Waals surface area contributed by atoms with Gasteiger partial charge in [0.05, 0.1) is 18.9 Å². The van der Waals surface area contributed by atoms with E-state index in [1.165, 1.54) is 0 Å². The van der Waals surface area contributed by atoms with Gasteiger partial charge in [-0.3, -0.25) is 0 Å². The highest BCUT2D eigenvalue weighted by Crippen LogP contribution is 2.25. The first-order chi connectivity index (χ1) is 19.0. The first-order valence-electron chi connectivity index (χ1n) is 12.1. The third-order valence-corrected chi connectivity index (χ3v) is 7.18. The highest BCUT2D eigenvalue weighted by molar-refractivity contribution is 6.36. The fourth-order valence-electron chi connectivity index (χ4n) is 3.58. The van der Waals surface area contributed by atoms with Crippen LogP contribution in [0.1, 0.15) is 28.7 Å². The number of oxime groups is 2. The quantitative estimate of drug-likeness (QED) is 0.0988. The van der Waals surface area contributed by atoms with Crippen LogP contribution in [0.25, 0.3) is 0 Å². The van der Waals surface area contributed by atoms with Crippen molar-refractivity contribution in [2.75, 3.05) is 0 Å². The number of halogens is 4. The number of pyridine rings is 2. The first-order valence-corrected chi connectivity index (χ1v) is 13.7. The largest absolute Gasteiger partial charge is 0.391 e. The van der Waals surface area contributed by atoms with Gasteiger partial charge in [0.15, 0.2) is 37.9 Å². The van der Waals surface area contributed by atoms with Crippen molar-refractivity contribution < 1.29 is 18.8 Å². The molecule has 0 atom stereocenters. The molecule has 0 amide bonds. The first kappa shape index (κ1) is 28.8.